The van der Waals surface area contributed by atoms with Gasteiger partial charge in [-0.1, -0.05) is 0 Å². The summed E-state index contributed by atoms with van der Waals surface area (Å²) in [7, 11) is 2.16. The second-order valence-corrected chi connectivity index (χ2v) is 5.59. The minimum absolute atomic E-state index is 0.477. The molecule has 98 valence electrons. The van der Waals surface area contributed by atoms with Crippen molar-refractivity contribution in [3.8, 4) is 0 Å². The molecule has 2 fully saturated rings. The van der Waals surface area contributed by atoms with Crippen LogP contribution in [0.3, 0.4) is 0 Å². The predicted octanol–water partition coefficient (Wildman–Crippen LogP) is 1.08. The molecule has 1 saturated carbocycles. The highest BCUT2D eigenvalue weighted by Crippen LogP contribution is 2.39. The zero-order valence-corrected chi connectivity index (χ0v) is 11.1. The number of hydrogen-bond acceptors (Lipinski definition) is 5. The molecule has 3 rings (SSSR count). The SMILES string of the molecule is CC1CN(C)CCN1c1cc(N)nc(C2CC2)n1. The molecule has 1 saturated heterocycles. The van der Waals surface area contributed by atoms with Gasteiger partial charge in [-0.15, -0.1) is 0 Å². The highest BCUT2D eigenvalue weighted by Gasteiger charge is 2.29. The van der Waals surface area contributed by atoms with Crippen LogP contribution < -0.4 is 10.6 Å². The van der Waals surface area contributed by atoms with Gasteiger partial charge in [-0.25, -0.2) is 9.97 Å². The quantitative estimate of drug-likeness (QED) is 0.847. The smallest absolute Gasteiger partial charge is 0.136 e. The van der Waals surface area contributed by atoms with Gasteiger partial charge < -0.3 is 15.5 Å². The molecule has 0 aromatic carbocycles. The maximum absolute atomic E-state index is 5.92. The van der Waals surface area contributed by atoms with Crippen LogP contribution in [-0.2, 0) is 0 Å². The molecule has 2 aliphatic rings. The maximum atomic E-state index is 5.92. The van der Waals surface area contributed by atoms with Gasteiger partial charge in [0.25, 0.3) is 0 Å². The van der Waals surface area contributed by atoms with Crippen LogP contribution >= 0.6 is 0 Å². The Morgan fingerprint density at radius 2 is 2.06 bits per heavy atom. The van der Waals surface area contributed by atoms with Gasteiger partial charge in [-0.05, 0) is 26.8 Å². The van der Waals surface area contributed by atoms with E-state index in [-0.39, 0.29) is 0 Å². The third-order valence-electron chi connectivity index (χ3n) is 3.82. The van der Waals surface area contributed by atoms with Crippen LogP contribution in [0, 0.1) is 0 Å². The third-order valence-corrected chi connectivity index (χ3v) is 3.82. The third kappa shape index (κ3) is 2.27. The molecule has 2 heterocycles. The first kappa shape index (κ1) is 11.7. The molecule has 18 heavy (non-hydrogen) atoms. The topological polar surface area (TPSA) is 58.3 Å². The van der Waals surface area contributed by atoms with Crippen LogP contribution in [0.5, 0.6) is 0 Å². The molecule has 0 bridgehead atoms. The van der Waals surface area contributed by atoms with Gasteiger partial charge in [0.05, 0.1) is 0 Å². The highest BCUT2D eigenvalue weighted by atomic mass is 15.3. The summed E-state index contributed by atoms with van der Waals surface area (Å²) in [6.07, 6.45) is 2.42. The zero-order valence-electron chi connectivity index (χ0n) is 11.1. The molecular formula is C13H21N5. The van der Waals surface area contributed by atoms with Crippen molar-refractivity contribution in [3.05, 3.63) is 11.9 Å². The Labute approximate surface area is 108 Å². The van der Waals surface area contributed by atoms with Crippen molar-refractivity contribution >= 4 is 11.6 Å². The van der Waals surface area contributed by atoms with Gasteiger partial charge in [0, 0.05) is 37.7 Å². The van der Waals surface area contributed by atoms with Crippen LogP contribution in [0.4, 0.5) is 11.6 Å². The lowest BCUT2D eigenvalue weighted by Crippen LogP contribution is -2.50. The Balaban J connectivity index is 1.86. The normalized spacial score (nSPS) is 25.4. The van der Waals surface area contributed by atoms with E-state index in [9.17, 15) is 0 Å². The van der Waals surface area contributed by atoms with Crippen molar-refractivity contribution in [2.24, 2.45) is 0 Å². The fourth-order valence-electron chi connectivity index (χ4n) is 2.62. The van der Waals surface area contributed by atoms with Crippen molar-refractivity contribution in [2.75, 3.05) is 37.3 Å². The minimum atomic E-state index is 0.477. The summed E-state index contributed by atoms with van der Waals surface area (Å²) >= 11 is 0. The molecule has 5 heteroatoms. The highest BCUT2D eigenvalue weighted by molar-refractivity contribution is 5.48. The Hall–Kier alpha value is -1.36. The summed E-state index contributed by atoms with van der Waals surface area (Å²) in [6.45, 7) is 5.40. The summed E-state index contributed by atoms with van der Waals surface area (Å²) in [5.41, 5.74) is 5.92. The van der Waals surface area contributed by atoms with Crippen LogP contribution in [0.1, 0.15) is 31.5 Å². The zero-order chi connectivity index (χ0) is 12.7. The van der Waals surface area contributed by atoms with Gasteiger partial charge >= 0.3 is 0 Å². The van der Waals surface area contributed by atoms with Gasteiger partial charge in [0.2, 0.25) is 0 Å². The van der Waals surface area contributed by atoms with Crippen LogP contribution in [-0.4, -0.2) is 47.6 Å². The number of aromatic nitrogens is 2. The minimum Gasteiger partial charge on any atom is -0.384 e. The van der Waals surface area contributed by atoms with E-state index < -0.39 is 0 Å². The molecule has 1 aromatic heterocycles. The van der Waals surface area contributed by atoms with E-state index in [4.69, 9.17) is 10.7 Å². The van der Waals surface area contributed by atoms with E-state index in [1.165, 1.54) is 12.8 Å². The predicted molar refractivity (Wildman–Crippen MR) is 72.7 cm³/mol. The van der Waals surface area contributed by atoms with Crippen molar-refractivity contribution in [3.63, 3.8) is 0 Å². The number of anilines is 2. The summed E-state index contributed by atoms with van der Waals surface area (Å²) in [5, 5.41) is 0. The van der Waals surface area contributed by atoms with E-state index >= 15 is 0 Å². The summed E-state index contributed by atoms with van der Waals surface area (Å²) in [4.78, 5) is 13.8. The Morgan fingerprint density at radius 1 is 1.28 bits per heavy atom. The molecule has 1 unspecified atom stereocenters. The number of nitrogens with two attached hydrogens (primary N) is 1. The van der Waals surface area contributed by atoms with Crippen LogP contribution in [0.25, 0.3) is 0 Å². The Kier molecular flexibility index (Phi) is 2.86. The van der Waals surface area contributed by atoms with E-state index in [0.717, 1.165) is 31.3 Å². The standard InChI is InChI=1S/C13H21N5/c1-9-8-17(2)5-6-18(9)12-7-11(14)15-13(16-12)10-3-4-10/h7,9-10H,3-6,8H2,1-2H3,(H2,14,15,16). The Morgan fingerprint density at radius 3 is 2.72 bits per heavy atom. The second-order valence-electron chi connectivity index (χ2n) is 5.59. The lowest BCUT2D eigenvalue weighted by molar-refractivity contribution is 0.274. The molecular weight excluding hydrogens is 226 g/mol. The van der Waals surface area contributed by atoms with Crippen molar-refractivity contribution < 1.29 is 0 Å². The summed E-state index contributed by atoms with van der Waals surface area (Å²) in [6, 6.07) is 2.39. The van der Waals surface area contributed by atoms with E-state index in [1.54, 1.807) is 0 Å². The molecule has 1 aliphatic heterocycles. The maximum Gasteiger partial charge on any atom is 0.136 e. The van der Waals surface area contributed by atoms with Gasteiger partial charge in [0.15, 0.2) is 0 Å². The molecule has 0 spiro atoms. The first-order valence-corrected chi connectivity index (χ1v) is 6.73. The molecule has 2 N–H and O–H groups in total. The van der Waals surface area contributed by atoms with Crippen molar-refractivity contribution in [1.29, 1.82) is 0 Å². The molecule has 0 radical (unpaired) electrons. The fraction of sp³-hybridized carbons (Fsp3) is 0.692. The van der Waals surface area contributed by atoms with Crippen LogP contribution in [0.2, 0.25) is 0 Å². The molecule has 5 nitrogen and oxygen atoms in total. The van der Waals surface area contributed by atoms with E-state index in [0.29, 0.717) is 17.8 Å². The molecule has 1 aliphatic carbocycles. The Bertz CT molecular complexity index is 443. The molecule has 1 aromatic rings. The van der Waals surface area contributed by atoms with Gasteiger partial charge in [-0.3, -0.25) is 0 Å². The first-order valence-electron chi connectivity index (χ1n) is 6.73. The van der Waals surface area contributed by atoms with E-state index in [1.807, 2.05) is 6.07 Å². The second kappa shape index (κ2) is 4.39. The first-order chi connectivity index (χ1) is 8.63. The largest absolute Gasteiger partial charge is 0.384 e. The lowest BCUT2D eigenvalue weighted by Gasteiger charge is -2.39. The lowest BCUT2D eigenvalue weighted by atomic mass is 10.2. The van der Waals surface area contributed by atoms with Crippen molar-refractivity contribution in [2.45, 2.75) is 31.7 Å². The average Bonchev–Trinajstić information content (AvgIpc) is 3.11. The molecule has 1 atom stereocenters. The number of rotatable bonds is 2. The fourth-order valence-corrected chi connectivity index (χ4v) is 2.62. The van der Waals surface area contributed by atoms with Gasteiger partial charge in [-0.2, -0.15) is 0 Å². The number of nitrogen functional groups attached to an aromatic ring is 1. The number of piperazine rings is 1. The van der Waals surface area contributed by atoms with Gasteiger partial charge in [0.1, 0.15) is 17.5 Å². The number of likely N-dealkylation sites (N-methyl/N-ethyl adjacent to an activating group) is 1. The summed E-state index contributed by atoms with van der Waals surface area (Å²) < 4.78 is 0. The average molecular weight is 247 g/mol. The number of hydrogen-bond donors (Lipinski definition) is 1. The van der Waals surface area contributed by atoms with E-state index in [2.05, 4.69) is 28.8 Å². The monoisotopic (exact) mass is 247 g/mol. The summed E-state index contributed by atoms with van der Waals surface area (Å²) in [5.74, 6) is 3.10. The molecule has 0 amide bonds. The van der Waals surface area contributed by atoms with Crippen molar-refractivity contribution in [1.82, 2.24) is 14.9 Å². The number of nitrogens with zero attached hydrogens (tertiary/aromatic N) is 4. The van der Waals surface area contributed by atoms with Crippen LogP contribution in [0.15, 0.2) is 6.07 Å².